The van der Waals surface area contributed by atoms with E-state index in [9.17, 15) is 4.79 Å². The molecule has 0 aromatic carbocycles. The average molecular weight is 266 g/mol. The van der Waals surface area contributed by atoms with Gasteiger partial charge in [-0.2, -0.15) is 5.10 Å². The van der Waals surface area contributed by atoms with Gasteiger partial charge >= 0.3 is 5.97 Å². The molecule has 0 unspecified atom stereocenters. The Bertz CT molecular complexity index is 535. The molecule has 6 nitrogen and oxygen atoms in total. The summed E-state index contributed by atoms with van der Waals surface area (Å²) in [6, 6.07) is 0. The molecule has 0 radical (unpaired) electrons. The van der Waals surface area contributed by atoms with Gasteiger partial charge < -0.3 is 10.1 Å². The standard InChI is InChI=1S/C11H14N4O2S/c1-3-15-6-8(5-13-15)14-10-9(12-7-18-10)11(16)17-4-2/h5-7,14H,3-4H2,1-2H3. The fraction of sp³-hybridized carbons (Fsp3) is 0.364. The van der Waals surface area contributed by atoms with Gasteiger partial charge in [0.25, 0.3) is 0 Å². The van der Waals surface area contributed by atoms with E-state index in [1.165, 1.54) is 11.3 Å². The highest BCUT2D eigenvalue weighted by Gasteiger charge is 2.16. The van der Waals surface area contributed by atoms with Gasteiger partial charge in [-0.1, -0.05) is 0 Å². The zero-order valence-electron chi connectivity index (χ0n) is 10.2. The van der Waals surface area contributed by atoms with Gasteiger partial charge in [0.15, 0.2) is 5.69 Å². The van der Waals surface area contributed by atoms with Crippen LogP contribution in [0.3, 0.4) is 0 Å². The minimum atomic E-state index is -0.413. The fourth-order valence-corrected chi connectivity index (χ4v) is 2.10. The van der Waals surface area contributed by atoms with E-state index in [1.54, 1.807) is 23.3 Å². The second-order valence-corrected chi connectivity index (χ2v) is 4.32. The van der Waals surface area contributed by atoms with Gasteiger partial charge in [0, 0.05) is 12.7 Å². The molecule has 0 aliphatic heterocycles. The molecule has 18 heavy (non-hydrogen) atoms. The Morgan fingerprint density at radius 3 is 3.06 bits per heavy atom. The van der Waals surface area contributed by atoms with Crippen molar-refractivity contribution in [1.82, 2.24) is 14.8 Å². The number of carbonyl (C=O) groups is 1. The van der Waals surface area contributed by atoms with Gasteiger partial charge in [-0.25, -0.2) is 9.78 Å². The van der Waals surface area contributed by atoms with Crippen LogP contribution in [0.15, 0.2) is 17.9 Å². The van der Waals surface area contributed by atoms with E-state index < -0.39 is 5.97 Å². The summed E-state index contributed by atoms with van der Waals surface area (Å²) in [6.07, 6.45) is 3.58. The first-order valence-corrected chi connectivity index (χ1v) is 6.52. The summed E-state index contributed by atoms with van der Waals surface area (Å²) in [5.41, 5.74) is 2.75. The molecule has 0 fully saturated rings. The number of carbonyl (C=O) groups excluding carboxylic acids is 1. The van der Waals surface area contributed by atoms with Crippen molar-refractivity contribution in [3.05, 3.63) is 23.6 Å². The number of hydrogen-bond acceptors (Lipinski definition) is 6. The van der Waals surface area contributed by atoms with Crippen LogP contribution in [0, 0.1) is 0 Å². The zero-order valence-corrected chi connectivity index (χ0v) is 11.0. The summed E-state index contributed by atoms with van der Waals surface area (Å²) in [4.78, 5) is 15.7. The number of nitrogens with one attached hydrogen (secondary N) is 1. The number of hydrogen-bond donors (Lipinski definition) is 1. The van der Waals surface area contributed by atoms with Gasteiger partial charge in [0.1, 0.15) is 5.00 Å². The normalized spacial score (nSPS) is 10.3. The maximum Gasteiger partial charge on any atom is 0.360 e. The first-order chi connectivity index (χ1) is 8.74. The summed E-state index contributed by atoms with van der Waals surface area (Å²) in [5.74, 6) is -0.413. The minimum absolute atomic E-state index is 0.311. The molecular weight excluding hydrogens is 252 g/mol. The Labute approximate surface area is 109 Å². The lowest BCUT2D eigenvalue weighted by Crippen LogP contribution is -2.07. The Hall–Kier alpha value is -1.89. The number of rotatable bonds is 5. The third kappa shape index (κ3) is 2.67. The molecule has 2 aromatic heterocycles. The van der Waals surface area contributed by atoms with Gasteiger partial charge in [-0.15, -0.1) is 11.3 Å². The van der Waals surface area contributed by atoms with E-state index >= 15 is 0 Å². The van der Waals surface area contributed by atoms with E-state index in [0.717, 1.165) is 12.2 Å². The highest BCUT2D eigenvalue weighted by molar-refractivity contribution is 7.14. The molecule has 2 aromatic rings. The Morgan fingerprint density at radius 2 is 2.39 bits per heavy atom. The smallest absolute Gasteiger partial charge is 0.360 e. The van der Waals surface area contributed by atoms with Crippen LogP contribution in [0.2, 0.25) is 0 Å². The Morgan fingerprint density at radius 1 is 1.56 bits per heavy atom. The van der Waals surface area contributed by atoms with Gasteiger partial charge in [0.2, 0.25) is 0 Å². The van der Waals surface area contributed by atoms with E-state index in [0.29, 0.717) is 17.3 Å². The third-order valence-corrected chi connectivity index (χ3v) is 2.99. The van der Waals surface area contributed by atoms with Crippen molar-refractivity contribution in [3.8, 4) is 0 Å². The first kappa shape index (κ1) is 12.6. The predicted molar refractivity (Wildman–Crippen MR) is 69.3 cm³/mol. The van der Waals surface area contributed by atoms with E-state index in [1.807, 2.05) is 13.1 Å². The first-order valence-electron chi connectivity index (χ1n) is 5.64. The monoisotopic (exact) mass is 266 g/mol. The molecule has 0 aliphatic rings. The van der Waals surface area contributed by atoms with E-state index in [2.05, 4.69) is 15.4 Å². The van der Waals surface area contributed by atoms with Gasteiger partial charge in [-0.3, -0.25) is 4.68 Å². The third-order valence-electron chi connectivity index (χ3n) is 2.25. The predicted octanol–water partition coefficient (Wildman–Crippen LogP) is 2.28. The second kappa shape index (κ2) is 5.63. The summed E-state index contributed by atoms with van der Waals surface area (Å²) in [7, 11) is 0. The molecule has 0 spiro atoms. The lowest BCUT2D eigenvalue weighted by Gasteiger charge is -2.03. The van der Waals surface area contributed by atoms with Crippen LogP contribution < -0.4 is 5.32 Å². The quantitative estimate of drug-likeness (QED) is 0.841. The van der Waals surface area contributed by atoms with Crippen molar-refractivity contribution in [2.45, 2.75) is 20.4 Å². The van der Waals surface area contributed by atoms with Crippen molar-refractivity contribution in [3.63, 3.8) is 0 Å². The van der Waals surface area contributed by atoms with Crippen molar-refractivity contribution in [1.29, 1.82) is 0 Å². The number of thiazole rings is 1. The van der Waals surface area contributed by atoms with Crippen molar-refractivity contribution in [2.24, 2.45) is 0 Å². The largest absolute Gasteiger partial charge is 0.461 e. The number of anilines is 2. The maximum absolute atomic E-state index is 11.6. The number of esters is 1. The molecule has 0 amide bonds. The summed E-state index contributed by atoms with van der Waals surface area (Å²) in [5, 5.41) is 7.94. The minimum Gasteiger partial charge on any atom is -0.461 e. The molecule has 2 rings (SSSR count). The Balaban J connectivity index is 2.14. The summed E-state index contributed by atoms with van der Waals surface area (Å²) in [6.45, 7) is 4.91. The van der Waals surface area contributed by atoms with Gasteiger partial charge in [0.05, 0.1) is 24.0 Å². The molecule has 0 atom stereocenters. The number of ether oxygens (including phenoxy) is 1. The molecule has 96 valence electrons. The van der Waals surface area contributed by atoms with Crippen LogP contribution in [0.1, 0.15) is 24.3 Å². The molecule has 1 N–H and O–H groups in total. The van der Waals surface area contributed by atoms with Crippen LogP contribution in [0.25, 0.3) is 0 Å². The summed E-state index contributed by atoms with van der Waals surface area (Å²) >= 11 is 1.36. The molecular formula is C11H14N4O2S. The zero-order chi connectivity index (χ0) is 13.0. The number of aromatic nitrogens is 3. The number of nitrogens with zero attached hydrogens (tertiary/aromatic N) is 3. The van der Waals surface area contributed by atoms with Crippen LogP contribution in [-0.2, 0) is 11.3 Å². The van der Waals surface area contributed by atoms with Gasteiger partial charge in [-0.05, 0) is 13.8 Å². The summed E-state index contributed by atoms with van der Waals surface area (Å²) < 4.78 is 6.73. The van der Waals surface area contributed by atoms with Crippen LogP contribution in [0.5, 0.6) is 0 Å². The average Bonchev–Trinajstić information content (AvgIpc) is 2.99. The van der Waals surface area contributed by atoms with Crippen molar-refractivity contribution >= 4 is 28.0 Å². The van der Waals surface area contributed by atoms with E-state index in [4.69, 9.17) is 4.74 Å². The molecule has 0 saturated carbocycles. The molecule has 0 bridgehead atoms. The number of aryl methyl sites for hydroxylation is 1. The molecule has 2 heterocycles. The van der Waals surface area contributed by atoms with E-state index in [-0.39, 0.29) is 0 Å². The highest BCUT2D eigenvalue weighted by atomic mass is 32.1. The maximum atomic E-state index is 11.6. The lowest BCUT2D eigenvalue weighted by molar-refractivity contribution is 0.0521. The van der Waals surface area contributed by atoms with Crippen LogP contribution in [0.4, 0.5) is 10.7 Å². The lowest BCUT2D eigenvalue weighted by atomic mass is 10.4. The Kier molecular flexibility index (Phi) is 3.93. The molecule has 0 aliphatic carbocycles. The molecule has 0 saturated heterocycles. The van der Waals surface area contributed by atoms with Crippen molar-refractivity contribution < 1.29 is 9.53 Å². The second-order valence-electron chi connectivity index (χ2n) is 3.46. The fourth-order valence-electron chi connectivity index (χ4n) is 1.41. The van der Waals surface area contributed by atoms with Crippen LogP contribution >= 0.6 is 11.3 Å². The molecule has 7 heteroatoms. The van der Waals surface area contributed by atoms with Crippen LogP contribution in [-0.4, -0.2) is 27.3 Å². The van der Waals surface area contributed by atoms with Crippen molar-refractivity contribution in [2.75, 3.05) is 11.9 Å². The topological polar surface area (TPSA) is 69.0 Å². The SMILES string of the molecule is CCOC(=O)c1ncsc1Nc1cnn(CC)c1. The highest BCUT2D eigenvalue weighted by Crippen LogP contribution is 2.25.